The zero-order valence-corrected chi connectivity index (χ0v) is 14.5. The van der Waals surface area contributed by atoms with Gasteiger partial charge in [0.25, 0.3) is 0 Å². The fourth-order valence-corrected chi connectivity index (χ4v) is 1.91. The molecule has 0 N–H and O–H groups in total. The average Bonchev–Trinajstić information content (AvgIpc) is 2.59. The molecule has 0 aliphatic heterocycles. The van der Waals surface area contributed by atoms with Crippen LogP contribution in [0.1, 0.15) is 65.2 Å². The van der Waals surface area contributed by atoms with Crippen LogP contribution >= 0.6 is 0 Å². The molecule has 1 aliphatic carbocycles. The molecule has 6 heteroatoms. The van der Waals surface area contributed by atoms with Gasteiger partial charge < -0.3 is 9.68 Å². The van der Waals surface area contributed by atoms with Gasteiger partial charge in [0.15, 0.2) is 0 Å². The van der Waals surface area contributed by atoms with Crippen molar-refractivity contribution in [1.82, 2.24) is 0 Å². The summed E-state index contributed by atoms with van der Waals surface area (Å²) in [6.07, 6.45) is 13.1. The Bertz CT molecular complexity index is 469. The summed E-state index contributed by atoms with van der Waals surface area (Å²) in [5.41, 5.74) is 1.01. The van der Waals surface area contributed by atoms with Gasteiger partial charge >= 0.3 is 11.9 Å². The molecule has 132 valence electrons. The van der Waals surface area contributed by atoms with Crippen molar-refractivity contribution in [3.63, 3.8) is 0 Å². The Morgan fingerprint density at radius 1 is 0.750 bits per heavy atom. The van der Waals surface area contributed by atoms with E-state index in [4.69, 9.17) is 9.68 Å². The van der Waals surface area contributed by atoms with Crippen LogP contribution in [0, 0.1) is 0 Å². The van der Waals surface area contributed by atoms with Gasteiger partial charge in [0, 0.05) is 12.8 Å². The molecule has 0 fully saturated rings. The number of carbonyl (C=O) groups excluding carboxylic acids is 2. The molecule has 0 heterocycles. The molecule has 0 aromatic carbocycles. The summed E-state index contributed by atoms with van der Waals surface area (Å²) in [6.45, 7) is 4.15. The van der Waals surface area contributed by atoms with Crippen LogP contribution < -0.4 is 0 Å². The van der Waals surface area contributed by atoms with Crippen LogP contribution in [0.2, 0.25) is 0 Å². The molecule has 24 heavy (non-hydrogen) atoms. The van der Waals surface area contributed by atoms with E-state index in [2.05, 4.69) is 24.2 Å². The standard InChI is InChI=1S/C18H26N2O4/c1-3-5-7-9-17(21)23-19-15-11-13-16(14-12-15)20-24-18(22)10-8-6-4-2/h11-14H,3-10H2,1-2H3. The van der Waals surface area contributed by atoms with Gasteiger partial charge in [0.2, 0.25) is 0 Å². The van der Waals surface area contributed by atoms with Gasteiger partial charge in [-0.15, -0.1) is 0 Å². The van der Waals surface area contributed by atoms with E-state index in [-0.39, 0.29) is 11.9 Å². The molecule has 0 aromatic heterocycles. The third-order valence-electron chi connectivity index (χ3n) is 3.32. The van der Waals surface area contributed by atoms with E-state index in [1.165, 1.54) is 0 Å². The number of nitrogens with zero attached hydrogens (tertiary/aromatic N) is 2. The van der Waals surface area contributed by atoms with E-state index in [1.807, 2.05) is 0 Å². The molecule has 1 rings (SSSR count). The lowest BCUT2D eigenvalue weighted by Crippen LogP contribution is -2.06. The molecular weight excluding hydrogens is 308 g/mol. The van der Waals surface area contributed by atoms with Crippen LogP contribution in [0.3, 0.4) is 0 Å². The van der Waals surface area contributed by atoms with Gasteiger partial charge in [-0.05, 0) is 37.1 Å². The molecule has 0 unspecified atom stereocenters. The summed E-state index contributed by atoms with van der Waals surface area (Å²) in [5, 5.41) is 7.54. The van der Waals surface area contributed by atoms with Crippen LogP contribution in [0.5, 0.6) is 0 Å². The first-order chi connectivity index (χ1) is 11.7. The smallest absolute Gasteiger partial charge is 0.318 e. The molecule has 1 aliphatic rings. The number of carbonyl (C=O) groups is 2. The quantitative estimate of drug-likeness (QED) is 0.261. The minimum atomic E-state index is -0.335. The van der Waals surface area contributed by atoms with Crippen molar-refractivity contribution in [2.45, 2.75) is 65.2 Å². The summed E-state index contributed by atoms with van der Waals surface area (Å²) in [6, 6.07) is 0. The predicted molar refractivity (Wildman–Crippen MR) is 93.6 cm³/mol. The lowest BCUT2D eigenvalue weighted by molar-refractivity contribution is -0.144. The van der Waals surface area contributed by atoms with E-state index in [9.17, 15) is 9.59 Å². The minimum absolute atomic E-state index is 0.335. The maximum atomic E-state index is 11.5. The van der Waals surface area contributed by atoms with Crippen molar-refractivity contribution in [1.29, 1.82) is 0 Å². The number of hydrogen-bond acceptors (Lipinski definition) is 6. The second-order valence-electron chi connectivity index (χ2n) is 5.54. The second-order valence-corrected chi connectivity index (χ2v) is 5.54. The van der Waals surface area contributed by atoms with Crippen molar-refractivity contribution in [2.24, 2.45) is 10.3 Å². The van der Waals surface area contributed by atoms with Crippen LogP contribution in [0.4, 0.5) is 0 Å². The summed E-state index contributed by atoms with van der Waals surface area (Å²) in [4.78, 5) is 32.6. The highest BCUT2D eigenvalue weighted by molar-refractivity contribution is 6.18. The zero-order valence-electron chi connectivity index (χ0n) is 14.5. The van der Waals surface area contributed by atoms with Gasteiger partial charge in [0.1, 0.15) is 11.4 Å². The van der Waals surface area contributed by atoms with Crippen LogP contribution in [0.15, 0.2) is 34.6 Å². The third kappa shape index (κ3) is 9.02. The number of allylic oxidation sites excluding steroid dienone is 4. The highest BCUT2D eigenvalue weighted by Crippen LogP contribution is 2.04. The molecule has 0 bridgehead atoms. The van der Waals surface area contributed by atoms with Gasteiger partial charge in [-0.1, -0.05) is 49.8 Å². The highest BCUT2D eigenvalue weighted by Gasteiger charge is 2.06. The van der Waals surface area contributed by atoms with Crippen molar-refractivity contribution in [3.8, 4) is 0 Å². The lowest BCUT2D eigenvalue weighted by Gasteiger charge is -2.02. The Hall–Kier alpha value is -2.24. The highest BCUT2D eigenvalue weighted by atomic mass is 16.7. The van der Waals surface area contributed by atoms with E-state index in [0.29, 0.717) is 24.3 Å². The Labute approximate surface area is 143 Å². The molecule has 0 atom stereocenters. The van der Waals surface area contributed by atoms with Crippen LogP contribution in [-0.4, -0.2) is 23.4 Å². The normalized spacial score (nSPS) is 12.9. The lowest BCUT2D eigenvalue weighted by atomic mass is 10.1. The summed E-state index contributed by atoms with van der Waals surface area (Å²) in [7, 11) is 0. The summed E-state index contributed by atoms with van der Waals surface area (Å²) < 4.78 is 0. The molecule has 0 saturated carbocycles. The minimum Gasteiger partial charge on any atom is -0.318 e. The van der Waals surface area contributed by atoms with E-state index in [0.717, 1.165) is 38.5 Å². The van der Waals surface area contributed by atoms with E-state index in [1.54, 1.807) is 24.3 Å². The van der Waals surface area contributed by atoms with Gasteiger partial charge in [-0.2, -0.15) is 0 Å². The second kappa shape index (κ2) is 12.2. The van der Waals surface area contributed by atoms with Crippen LogP contribution in [0.25, 0.3) is 0 Å². The largest absolute Gasteiger partial charge is 0.335 e. The van der Waals surface area contributed by atoms with Gasteiger partial charge in [-0.3, -0.25) is 0 Å². The molecular formula is C18H26N2O4. The van der Waals surface area contributed by atoms with Gasteiger partial charge in [0.05, 0.1) is 0 Å². The Balaban J connectivity index is 2.34. The predicted octanol–water partition coefficient (Wildman–Crippen LogP) is 4.07. The summed E-state index contributed by atoms with van der Waals surface area (Å²) >= 11 is 0. The number of hydrogen-bond donors (Lipinski definition) is 0. The van der Waals surface area contributed by atoms with Crippen LogP contribution in [-0.2, 0) is 19.3 Å². The number of unbranched alkanes of at least 4 members (excludes halogenated alkanes) is 4. The van der Waals surface area contributed by atoms with Crippen molar-refractivity contribution >= 4 is 23.4 Å². The molecule has 6 nitrogen and oxygen atoms in total. The van der Waals surface area contributed by atoms with Crippen molar-refractivity contribution < 1.29 is 19.3 Å². The van der Waals surface area contributed by atoms with Crippen molar-refractivity contribution in [3.05, 3.63) is 24.3 Å². The Kier molecular flexibility index (Phi) is 10.1. The first-order valence-corrected chi connectivity index (χ1v) is 8.57. The number of rotatable bonds is 10. The zero-order chi connectivity index (χ0) is 17.6. The Morgan fingerprint density at radius 3 is 1.46 bits per heavy atom. The van der Waals surface area contributed by atoms with Crippen molar-refractivity contribution in [2.75, 3.05) is 0 Å². The molecule has 0 spiro atoms. The molecule has 0 radical (unpaired) electrons. The molecule has 0 aromatic rings. The molecule has 0 amide bonds. The molecule has 0 saturated heterocycles. The fourth-order valence-electron chi connectivity index (χ4n) is 1.91. The first-order valence-electron chi connectivity index (χ1n) is 8.57. The first kappa shape index (κ1) is 19.8. The number of oxime groups is 2. The third-order valence-corrected chi connectivity index (χ3v) is 3.32. The Morgan fingerprint density at radius 2 is 1.12 bits per heavy atom. The fraction of sp³-hybridized carbons (Fsp3) is 0.556. The van der Waals surface area contributed by atoms with E-state index < -0.39 is 0 Å². The van der Waals surface area contributed by atoms with E-state index >= 15 is 0 Å². The maximum absolute atomic E-state index is 11.5. The topological polar surface area (TPSA) is 77.3 Å². The maximum Gasteiger partial charge on any atom is 0.335 e. The monoisotopic (exact) mass is 334 g/mol. The van der Waals surface area contributed by atoms with Gasteiger partial charge in [-0.25, -0.2) is 9.59 Å². The SMILES string of the molecule is CCCCCC(=O)ON=C1C=CC(=NOC(=O)CCCCC)C=C1. The summed E-state index contributed by atoms with van der Waals surface area (Å²) in [5.74, 6) is -0.670. The average molecular weight is 334 g/mol.